The van der Waals surface area contributed by atoms with Gasteiger partial charge in [0.05, 0.1) is 18.3 Å². The zero-order chi connectivity index (χ0) is 16.7. The van der Waals surface area contributed by atoms with E-state index in [2.05, 4.69) is 4.98 Å². The molecule has 3 aromatic rings. The summed E-state index contributed by atoms with van der Waals surface area (Å²) in [5.41, 5.74) is 1.61. The van der Waals surface area contributed by atoms with Crippen LogP contribution in [0.15, 0.2) is 40.8 Å². The van der Waals surface area contributed by atoms with Crippen LogP contribution in [-0.2, 0) is 11.3 Å². The van der Waals surface area contributed by atoms with Crippen molar-refractivity contribution in [2.45, 2.75) is 25.8 Å². The lowest BCUT2D eigenvalue weighted by Gasteiger charge is -2.05. The fourth-order valence-corrected chi connectivity index (χ4v) is 3.85. The van der Waals surface area contributed by atoms with Gasteiger partial charge in [-0.15, -0.1) is 11.3 Å². The molecule has 0 unspecified atom stereocenters. The summed E-state index contributed by atoms with van der Waals surface area (Å²) < 4.78 is 1.43. The second-order valence-corrected chi connectivity index (χ2v) is 7.49. The van der Waals surface area contributed by atoms with E-state index in [-0.39, 0.29) is 17.9 Å². The number of carbonyl (C=O) groups is 1. The molecule has 1 aliphatic carbocycles. The minimum Gasteiger partial charge on any atom is -0.298 e. The molecule has 2 aromatic heterocycles. The van der Waals surface area contributed by atoms with Crippen LogP contribution in [0.1, 0.15) is 19.3 Å². The van der Waals surface area contributed by atoms with Gasteiger partial charge in [-0.25, -0.2) is 4.98 Å². The maximum Gasteiger partial charge on any atom is 0.263 e. The van der Waals surface area contributed by atoms with E-state index >= 15 is 0 Å². The van der Waals surface area contributed by atoms with Crippen molar-refractivity contribution >= 4 is 38.9 Å². The third-order valence-electron chi connectivity index (χ3n) is 4.28. The lowest BCUT2D eigenvalue weighted by Crippen LogP contribution is -2.24. The molecule has 24 heavy (non-hydrogen) atoms. The molecular weight excluding hydrogens is 344 g/mol. The van der Waals surface area contributed by atoms with Gasteiger partial charge in [0, 0.05) is 22.4 Å². The van der Waals surface area contributed by atoms with Crippen molar-refractivity contribution < 1.29 is 4.79 Å². The molecule has 0 bridgehead atoms. The van der Waals surface area contributed by atoms with Crippen molar-refractivity contribution in [2.24, 2.45) is 5.92 Å². The molecule has 6 heteroatoms. The molecule has 1 fully saturated rings. The number of thiophene rings is 1. The summed E-state index contributed by atoms with van der Waals surface area (Å²) in [7, 11) is 0. The van der Waals surface area contributed by atoms with Crippen LogP contribution in [0.25, 0.3) is 21.3 Å². The predicted molar refractivity (Wildman–Crippen MR) is 96.7 cm³/mol. The van der Waals surface area contributed by atoms with Crippen molar-refractivity contribution in [1.29, 1.82) is 0 Å². The zero-order valence-corrected chi connectivity index (χ0v) is 14.4. The number of nitrogens with zero attached hydrogens (tertiary/aromatic N) is 2. The molecule has 0 N–H and O–H groups in total. The van der Waals surface area contributed by atoms with Crippen molar-refractivity contribution in [1.82, 2.24) is 9.55 Å². The first-order valence-electron chi connectivity index (χ1n) is 7.86. The molecule has 0 amide bonds. The fraction of sp³-hybridized carbons (Fsp3) is 0.278. The first-order chi connectivity index (χ1) is 11.6. The van der Waals surface area contributed by atoms with Crippen molar-refractivity contribution in [3.63, 3.8) is 0 Å². The molecule has 4 nitrogen and oxygen atoms in total. The Labute approximate surface area is 147 Å². The average Bonchev–Trinajstić information content (AvgIpc) is 3.26. The van der Waals surface area contributed by atoms with Crippen LogP contribution in [0.4, 0.5) is 0 Å². The van der Waals surface area contributed by atoms with Gasteiger partial charge in [-0.3, -0.25) is 14.2 Å². The Hall–Kier alpha value is -1.98. The quantitative estimate of drug-likeness (QED) is 0.688. The van der Waals surface area contributed by atoms with E-state index in [0.29, 0.717) is 27.6 Å². The molecule has 4 rings (SSSR count). The number of hydrogen-bond donors (Lipinski definition) is 0. The van der Waals surface area contributed by atoms with E-state index < -0.39 is 0 Å². The Morgan fingerprint density at radius 3 is 2.75 bits per heavy atom. The van der Waals surface area contributed by atoms with E-state index in [9.17, 15) is 9.59 Å². The number of hydrogen-bond acceptors (Lipinski definition) is 4. The first kappa shape index (κ1) is 15.5. The van der Waals surface area contributed by atoms with E-state index in [1.807, 2.05) is 17.5 Å². The van der Waals surface area contributed by atoms with Gasteiger partial charge in [-0.05, 0) is 36.5 Å². The summed E-state index contributed by atoms with van der Waals surface area (Å²) in [6, 6.07) is 7.38. The third kappa shape index (κ3) is 3.01. The van der Waals surface area contributed by atoms with Crippen LogP contribution < -0.4 is 5.56 Å². The highest BCUT2D eigenvalue weighted by Crippen LogP contribution is 2.33. The van der Waals surface area contributed by atoms with Crippen LogP contribution >= 0.6 is 22.9 Å². The number of halogens is 1. The van der Waals surface area contributed by atoms with E-state index in [0.717, 1.165) is 24.0 Å². The predicted octanol–water partition coefficient (Wildman–Crippen LogP) is 4.15. The van der Waals surface area contributed by atoms with E-state index in [4.69, 9.17) is 11.6 Å². The van der Waals surface area contributed by atoms with Gasteiger partial charge >= 0.3 is 0 Å². The Kier molecular flexibility index (Phi) is 3.98. The largest absolute Gasteiger partial charge is 0.298 e. The third-order valence-corrected chi connectivity index (χ3v) is 5.41. The van der Waals surface area contributed by atoms with Gasteiger partial charge in [0.1, 0.15) is 4.83 Å². The first-order valence-corrected chi connectivity index (χ1v) is 9.12. The summed E-state index contributed by atoms with van der Waals surface area (Å²) in [4.78, 5) is 30.0. The smallest absolute Gasteiger partial charge is 0.263 e. The Morgan fingerprint density at radius 2 is 2.04 bits per heavy atom. The van der Waals surface area contributed by atoms with Gasteiger partial charge < -0.3 is 0 Å². The monoisotopic (exact) mass is 358 g/mol. The highest BCUT2D eigenvalue weighted by atomic mass is 35.5. The van der Waals surface area contributed by atoms with Gasteiger partial charge in [0.2, 0.25) is 0 Å². The molecule has 0 spiro atoms. The zero-order valence-electron chi connectivity index (χ0n) is 12.9. The van der Waals surface area contributed by atoms with Crippen LogP contribution in [0.3, 0.4) is 0 Å². The number of rotatable bonds is 5. The number of fused-ring (bicyclic) bond motifs is 1. The summed E-state index contributed by atoms with van der Waals surface area (Å²) in [6.07, 6.45) is 4.31. The number of Topliss-reactive ketones (excluding diaryl/α,β-unsaturated/α-hetero) is 1. The van der Waals surface area contributed by atoms with Crippen LogP contribution in [0.5, 0.6) is 0 Å². The van der Waals surface area contributed by atoms with E-state index in [1.165, 1.54) is 22.2 Å². The molecule has 0 radical (unpaired) electrons. The number of benzene rings is 1. The number of aromatic nitrogens is 2. The van der Waals surface area contributed by atoms with Crippen LogP contribution in [0, 0.1) is 5.92 Å². The molecule has 2 heterocycles. The topological polar surface area (TPSA) is 52.0 Å². The number of ketones is 1. The second-order valence-electron chi connectivity index (χ2n) is 6.20. The lowest BCUT2D eigenvalue weighted by molar-refractivity contribution is -0.120. The minimum atomic E-state index is -0.157. The maximum absolute atomic E-state index is 12.8. The molecule has 1 saturated carbocycles. The standard InChI is InChI=1S/C18H15ClN2O2S/c19-13-5-3-12(4-6-13)15-9-24-17-16(15)18(23)21(10-20-17)8-14(22)7-11-1-2-11/h3-6,9-11H,1-2,7-8H2. The Bertz CT molecular complexity index is 971. The molecule has 0 aliphatic heterocycles. The van der Waals surface area contributed by atoms with Crippen LogP contribution in [0.2, 0.25) is 5.02 Å². The summed E-state index contributed by atoms with van der Waals surface area (Å²) in [6.45, 7) is 0.105. The van der Waals surface area contributed by atoms with Gasteiger partial charge in [0.15, 0.2) is 5.78 Å². The van der Waals surface area contributed by atoms with Gasteiger partial charge in [0.25, 0.3) is 5.56 Å². The SMILES string of the molecule is O=C(CC1CC1)Cn1cnc2scc(-c3ccc(Cl)cc3)c2c1=O. The molecule has 122 valence electrons. The number of carbonyl (C=O) groups excluding carboxylic acids is 1. The van der Waals surface area contributed by atoms with Crippen molar-refractivity contribution in [2.75, 3.05) is 0 Å². The van der Waals surface area contributed by atoms with E-state index in [1.54, 1.807) is 12.1 Å². The van der Waals surface area contributed by atoms with Gasteiger partial charge in [-0.1, -0.05) is 23.7 Å². The lowest BCUT2D eigenvalue weighted by atomic mass is 10.1. The Morgan fingerprint density at radius 1 is 1.29 bits per heavy atom. The second kappa shape index (κ2) is 6.15. The summed E-state index contributed by atoms with van der Waals surface area (Å²) in [5.74, 6) is 0.625. The highest BCUT2D eigenvalue weighted by Gasteiger charge is 2.24. The maximum atomic E-state index is 12.8. The minimum absolute atomic E-state index is 0.101. The summed E-state index contributed by atoms with van der Waals surface area (Å²) in [5, 5.41) is 3.15. The summed E-state index contributed by atoms with van der Waals surface area (Å²) >= 11 is 7.37. The molecular formula is C18H15ClN2O2S. The fourth-order valence-electron chi connectivity index (χ4n) is 2.82. The van der Waals surface area contributed by atoms with Crippen molar-refractivity contribution in [3.05, 3.63) is 51.3 Å². The molecule has 0 saturated heterocycles. The Balaban J connectivity index is 1.74. The highest BCUT2D eigenvalue weighted by molar-refractivity contribution is 7.17. The molecule has 0 atom stereocenters. The normalized spacial score (nSPS) is 14.2. The molecule has 1 aliphatic rings. The van der Waals surface area contributed by atoms with Crippen LogP contribution in [-0.4, -0.2) is 15.3 Å². The molecule has 1 aromatic carbocycles. The van der Waals surface area contributed by atoms with Gasteiger partial charge in [-0.2, -0.15) is 0 Å². The average molecular weight is 359 g/mol. The van der Waals surface area contributed by atoms with Crippen molar-refractivity contribution in [3.8, 4) is 11.1 Å².